The highest BCUT2D eigenvalue weighted by Crippen LogP contribution is 2.27. The van der Waals surface area contributed by atoms with Crippen LogP contribution in [0.25, 0.3) is 0 Å². The van der Waals surface area contributed by atoms with E-state index in [-0.39, 0.29) is 23.4 Å². The molecule has 9 nitrogen and oxygen atoms in total. The summed E-state index contributed by atoms with van der Waals surface area (Å²) < 4.78 is 39.8. The van der Waals surface area contributed by atoms with Crippen LogP contribution in [0.5, 0.6) is 11.5 Å². The Hall–Kier alpha value is -4.05. The number of benzene rings is 3. The highest BCUT2D eigenvalue weighted by atomic mass is 32.2. The number of methoxy groups -OCH3 is 1. The van der Waals surface area contributed by atoms with Crippen LogP contribution in [0.3, 0.4) is 0 Å². The van der Waals surface area contributed by atoms with Crippen LogP contribution in [0, 0.1) is 0 Å². The molecule has 226 valence electrons. The van der Waals surface area contributed by atoms with Gasteiger partial charge in [0, 0.05) is 12.6 Å². The second-order valence-electron chi connectivity index (χ2n) is 9.87. The average molecular weight is 596 g/mol. The van der Waals surface area contributed by atoms with E-state index in [0.29, 0.717) is 30.2 Å². The summed E-state index contributed by atoms with van der Waals surface area (Å²) in [6.45, 7) is 7.59. The monoisotopic (exact) mass is 595 g/mol. The average Bonchev–Trinajstić information content (AvgIpc) is 3.00. The Morgan fingerprint density at radius 3 is 2.17 bits per heavy atom. The molecule has 0 aromatic heterocycles. The van der Waals surface area contributed by atoms with Crippen molar-refractivity contribution in [2.45, 2.75) is 64.1 Å². The summed E-state index contributed by atoms with van der Waals surface area (Å²) in [5.41, 5.74) is 1.05. The number of ether oxygens (including phenoxy) is 2. The van der Waals surface area contributed by atoms with Crippen LogP contribution in [0.15, 0.2) is 83.8 Å². The van der Waals surface area contributed by atoms with Crippen molar-refractivity contribution in [1.29, 1.82) is 0 Å². The van der Waals surface area contributed by atoms with Crippen LogP contribution in [-0.2, 0) is 26.2 Å². The van der Waals surface area contributed by atoms with Crippen molar-refractivity contribution in [3.05, 3.63) is 84.4 Å². The molecule has 0 radical (unpaired) electrons. The Bertz CT molecular complexity index is 1410. The van der Waals surface area contributed by atoms with E-state index in [9.17, 15) is 18.0 Å². The standard InChI is InChI=1S/C32H41N3O6S/c1-6-24(4)33-32(37)30(7-2)34(22-25-13-12-14-28(21-25)40-5)31(36)23-35(26-17-19-27(20-18-26)41-8-3)42(38,39)29-15-10-9-11-16-29/h9-21,24,30H,6-8,22-23H2,1-5H3,(H,33,37)/t24-,30-/m1/s1. The van der Waals surface area contributed by atoms with Gasteiger partial charge in [-0.1, -0.05) is 44.2 Å². The topological polar surface area (TPSA) is 105 Å². The molecule has 0 saturated heterocycles. The molecule has 0 spiro atoms. The van der Waals surface area contributed by atoms with Gasteiger partial charge in [-0.3, -0.25) is 13.9 Å². The van der Waals surface area contributed by atoms with Crippen molar-refractivity contribution >= 4 is 27.5 Å². The van der Waals surface area contributed by atoms with Gasteiger partial charge in [0.1, 0.15) is 24.1 Å². The molecule has 2 amide bonds. The maximum Gasteiger partial charge on any atom is 0.264 e. The van der Waals surface area contributed by atoms with Crippen LogP contribution >= 0.6 is 0 Å². The fourth-order valence-electron chi connectivity index (χ4n) is 4.45. The molecule has 2 atom stereocenters. The first-order valence-corrected chi connectivity index (χ1v) is 15.6. The maximum atomic E-state index is 14.2. The highest BCUT2D eigenvalue weighted by molar-refractivity contribution is 7.92. The zero-order valence-corrected chi connectivity index (χ0v) is 25.8. The Morgan fingerprint density at radius 1 is 0.881 bits per heavy atom. The first-order chi connectivity index (χ1) is 20.1. The molecule has 0 fully saturated rings. The van der Waals surface area contributed by atoms with Crippen LogP contribution in [0.2, 0.25) is 0 Å². The fraction of sp³-hybridized carbons (Fsp3) is 0.375. The maximum absolute atomic E-state index is 14.2. The predicted molar refractivity (Wildman–Crippen MR) is 164 cm³/mol. The number of carbonyl (C=O) groups is 2. The number of rotatable bonds is 15. The second kappa shape index (κ2) is 15.3. The molecule has 0 unspecified atom stereocenters. The zero-order chi connectivity index (χ0) is 30.7. The van der Waals surface area contributed by atoms with Gasteiger partial charge in [0.25, 0.3) is 10.0 Å². The summed E-state index contributed by atoms with van der Waals surface area (Å²) in [6.07, 6.45) is 1.07. The fourth-order valence-corrected chi connectivity index (χ4v) is 5.89. The SMILES string of the molecule is CCOc1ccc(N(CC(=O)N(Cc2cccc(OC)c2)[C@H](CC)C(=O)N[C@H](C)CC)S(=O)(=O)c2ccccc2)cc1. The van der Waals surface area contributed by atoms with Crippen molar-refractivity contribution in [2.75, 3.05) is 24.6 Å². The van der Waals surface area contributed by atoms with Gasteiger partial charge in [0.2, 0.25) is 11.8 Å². The largest absolute Gasteiger partial charge is 0.497 e. The first kappa shape index (κ1) is 32.5. The minimum Gasteiger partial charge on any atom is -0.497 e. The third kappa shape index (κ3) is 8.25. The molecule has 0 heterocycles. The van der Waals surface area contributed by atoms with Gasteiger partial charge >= 0.3 is 0 Å². The Kier molecular flexibility index (Phi) is 11.8. The molecule has 0 aliphatic heterocycles. The van der Waals surface area contributed by atoms with E-state index in [0.717, 1.165) is 16.3 Å². The minimum absolute atomic E-state index is 0.0487. The quantitative estimate of drug-likeness (QED) is 0.265. The molecule has 3 aromatic carbocycles. The normalized spacial score (nSPS) is 12.6. The van der Waals surface area contributed by atoms with Gasteiger partial charge in [0.15, 0.2) is 0 Å². The third-order valence-electron chi connectivity index (χ3n) is 6.92. The lowest BCUT2D eigenvalue weighted by Gasteiger charge is -2.33. The molecule has 10 heteroatoms. The van der Waals surface area contributed by atoms with Crippen molar-refractivity contribution in [1.82, 2.24) is 10.2 Å². The highest BCUT2D eigenvalue weighted by Gasteiger charge is 2.34. The number of anilines is 1. The Balaban J connectivity index is 2.06. The number of sulfonamides is 1. The molecule has 3 rings (SSSR count). The van der Waals surface area contributed by atoms with Gasteiger partial charge in [-0.05, 0) is 80.8 Å². The summed E-state index contributed by atoms with van der Waals surface area (Å²) in [6, 6.07) is 20.9. The second-order valence-corrected chi connectivity index (χ2v) is 11.7. The zero-order valence-electron chi connectivity index (χ0n) is 24.9. The number of carbonyl (C=O) groups excluding carboxylic acids is 2. The molecule has 3 aromatic rings. The number of amides is 2. The summed E-state index contributed by atoms with van der Waals surface area (Å²) in [4.78, 5) is 29.1. The van der Waals surface area contributed by atoms with E-state index in [2.05, 4.69) is 5.32 Å². The van der Waals surface area contributed by atoms with Crippen LogP contribution in [0.1, 0.15) is 46.1 Å². The van der Waals surface area contributed by atoms with E-state index >= 15 is 0 Å². The first-order valence-electron chi connectivity index (χ1n) is 14.2. The number of hydrogen-bond donors (Lipinski definition) is 1. The summed E-state index contributed by atoms with van der Waals surface area (Å²) in [7, 11) is -2.59. The van der Waals surface area contributed by atoms with E-state index in [1.807, 2.05) is 39.8 Å². The minimum atomic E-state index is -4.14. The van der Waals surface area contributed by atoms with E-state index in [1.165, 1.54) is 17.0 Å². The van der Waals surface area contributed by atoms with Gasteiger partial charge < -0.3 is 19.7 Å². The van der Waals surface area contributed by atoms with Gasteiger partial charge in [0.05, 0.1) is 24.3 Å². The van der Waals surface area contributed by atoms with Crippen molar-refractivity contribution < 1.29 is 27.5 Å². The van der Waals surface area contributed by atoms with Crippen molar-refractivity contribution in [2.24, 2.45) is 0 Å². The van der Waals surface area contributed by atoms with Gasteiger partial charge in [-0.25, -0.2) is 8.42 Å². The van der Waals surface area contributed by atoms with Gasteiger partial charge in [-0.2, -0.15) is 0 Å². The molecular weight excluding hydrogens is 554 g/mol. The summed E-state index contributed by atoms with van der Waals surface area (Å²) in [5.74, 6) is 0.385. The molecule has 0 bridgehead atoms. The number of nitrogens with one attached hydrogen (secondary N) is 1. The van der Waals surface area contributed by atoms with E-state index in [1.54, 1.807) is 61.7 Å². The van der Waals surface area contributed by atoms with Crippen LogP contribution < -0.4 is 19.1 Å². The van der Waals surface area contributed by atoms with Gasteiger partial charge in [-0.15, -0.1) is 0 Å². The molecule has 0 aliphatic rings. The summed E-state index contributed by atoms with van der Waals surface area (Å²) >= 11 is 0. The molecule has 1 N–H and O–H groups in total. The Morgan fingerprint density at radius 2 is 1.57 bits per heavy atom. The predicted octanol–water partition coefficient (Wildman–Crippen LogP) is 5.01. The Labute approximate surface area is 249 Å². The number of hydrogen-bond acceptors (Lipinski definition) is 6. The lowest BCUT2D eigenvalue weighted by Crippen LogP contribution is -2.53. The van der Waals surface area contributed by atoms with Crippen molar-refractivity contribution in [3.63, 3.8) is 0 Å². The van der Waals surface area contributed by atoms with E-state index < -0.39 is 28.5 Å². The van der Waals surface area contributed by atoms with Crippen LogP contribution in [-0.4, -0.2) is 57.5 Å². The lowest BCUT2D eigenvalue weighted by atomic mass is 10.1. The molecule has 0 aliphatic carbocycles. The van der Waals surface area contributed by atoms with Crippen molar-refractivity contribution in [3.8, 4) is 11.5 Å². The van der Waals surface area contributed by atoms with E-state index in [4.69, 9.17) is 9.47 Å². The lowest BCUT2D eigenvalue weighted by molar-refractivity contribution is -0.140. The third-order valence-corrected chi connectivity index (χ3v) is 8.71. The van der Waals surface area contributed by atoms with Crippen LogP contribution in [0.4, 0.5) is 5.69 Å². The smallest absolute Gasteiger partial charge is 0.264 e. The number of nitrogens with zero attached hydrogens (tertiary/aromatic N) is 2. The molecular formula is C32H41N3O6S. The molecule has 42 heavy (non-hydrogen) atoms. The molecule has 0 saturated carbocycles. The summed E-state index contributed by atoms with van der Waals surface area (Å²) in [5, 5.41) is 2.98.